The Morgan fingerprint density at radius 2 is 2.24 bits per heavy atom. The van der Waals surface area contributed by atoms with Crippen molar-refractivity contribution >= 4 is 11.9 Å². The zero-order valence-electron chi connectivity index (χ0n) is 17.3. The van der Waals surface area contributed by atoms with E-state index in [-0.39, 0.29) is 18.2 Å². The number of carbonyl (C=O) groups is 1. The summed E-state index contributed by atoms with van der Waals surface area (Å²) in [5.41, 5.74) is -0.314. The van der Waals surface area contributed by atoms with E-state index in [4.69, 9.17) is 14.5 Å². The predicted molar refractivity (Wildman–Crippen MR) is 108 cm³/mol. The molecule has 5 heterocycles. The Balaban J connectivity index is 1.57. The highest BCUT2D eigenvalue weighted by Gasteiger charge is 2.56. The topological polar surface area (TPSA) is 83.4 Å². The average Bonchev–Trinajstić information content (AvgIpc) is 2.96. The van der Waals surface area contributed by atoms with Crippen LogP contribution in [0.15, 0.2) is 28.4 Å². The van der Waals surface area contributed by atoms with E-state index in [1.165, 1.54) is 0 Å². The smallest absolute Gasteiger partial charge is 0.338 e. The first-order valence-corrected chi connectivity index (χ1v) is 11.1. The van der Waals surface area contributed by atoms with Crippen LogP contribution in [0.2, 0.25) is 0 Å². The molecule has 0 unspecified atom stereocenters. The zero-order chi connectivity index (χ0) is 20.2. The highest BCUT2D eigenvalue weighted by atomic mass is 16.5. The summed E-state index contributed by atoms with van der Waals surface area (Å²) in [6, 6.07) is 0.216. The summed E-state index contributed by atoms with van der Waals surface area (Å²) in [4.78, 5) is 19.5. The summed E-state index contributed by atoms with van der Waals surface area (Å²) in [6.07, 6.45) is 12.2. The molecule has 0 aliphatic carbocycles. The van der Waals surface area contributed by atoms with E-state index in [0.717, 1.165) is 63.0 Å². The van der Waals surface area contributed by atoms with Gasteiger partial charge < -0.3 is 24.8 Å². The van der Waals surface area contributed by atoms with Gasteiger partial charge in [-0.2, -0.15) is 0 Å². The van der Waals surface area contributed by atoms with E-state index in [9.17, 15) is 9.90 Å². The molecule has 0 aromatic carbocycles. The van der Waals surface area contributed by atoms with Gasteiger partial charge in [0.1, 0.15) is 11.3 Å². The van der Waals surface area contributed by atoms with Crippen molar-refractivity contribution in [1.29, 1.82) is 0 Å². The van der Waals surface area contributed by atoms with Crippen LogP contribution in [0, 0.1) is 0 Å². The molecule has 5 atom stereocenters. The lowest BCUT2D eigenvalue weighted by Crippen LogP contribution is -2.66. The first-order valence-electron chi connectivity index (χ1n) is 11.1. The maximum atomic E-state index is 12.3. The number of carboxylic acids is 1. The molecule has 5 rings (SSSR count). The second kappa shape index (κ2) is 6.84. The summed E-state index contributed by atoms with van der Waals surface area (Å²) in [5, 5.41) is 13.7. The Bertz CT molecular complexity index is 806. The number of hydrogen-bond donors (Lipinski definition) is 2. The van der Waals surface area contributed by atoms with E-state index in [1.54, 1.807) is 0 Å². The van der Waals surface area contributed by atoms with Crippen molar-refractivity contribution in [3.8, 4) is 0 Å². The standard InChI is InChI=1S/C22H31N3O4/c1-3-16-8-4-5-11-21(29-16)13-15-9-10-17-18(19(26)27)22(12-6-7-14(2)28-22)24-20(23-21)25(15)17/h4,8,14-16H,3,5-7,9-13H2,1-2H3,(H,23,24)(H,26,27)/t14-,15+,16+,21+,22-/m1/s1. The molecule has 0 amide bonds. The van der Waals surface area contributed by atoms with E-state index in [0.29, 0.717) is 12.0 Å². The Morgan fingerprint density at radius 3 is 3.00 bits per heavy atom. The lowest BCUT2D eigenvalue weighted by Gasteiger charge is -2.51. The van der Waals surface area contributed by atoms with Crippen molar-refractivity contribution in [3.05, 3.63) is 23.4 Å². The minimum Gasteiger partial charge on any atom is -0.478 e. The van der Waals surface area contributed by atoms with Gasteiger partial charge in [0, 0.05) is 24.6 Å². The quantitative estimate of drug-likeness (QED) is 0.691. The van der Waals surface area contributed by atoms with E-state index in [1.807, 2.05) is 6.92 Å². The van der Waals surface area contributed by atoms with Crippen LogP contribution in [0.1, 0.15) is 71.6 Å². The van der Waals surface area contributed by atoms with Crippen molar-refractivity contribution in [2.45, 2.75) is 101 Å². The van der Waals surface area contributed by atoms with Gasteiger partial charge in [0.25, 0.3) is 0 Å². The number of aliphatic imine (C=N–C) groups is 1. The van der Waals surface area contributed by atoms with Crippen LogP contribution in [-0.4, -0.2) is 51.6 Å². The third-order valence-electron chi connectivity index (χ3n) is 7.05. The number of ether oxygens (including phenoxy) is 2. The van der Waals surface area contributed by atoms with Crippen molar-refractivity contribution in [3.63, 3.8) is 0 Å². The second-order valence-corrected chi connectivity index (χ2v) is 9.08. The van der Waals surface area contributed by atoms with Gasteiger partial charge in [-0.05, 0) is 51.9 Å². The third kappa shape index (κ3) is 3.01. The normalized spacial score (nSPS) is 41.2. The molecule has 5 aliphatic heterocycles. The van der Waals surface area contributed by atoms with Crippen molar-refractivity contribution in [2.75, 3.05) is 0 Å². The molecule has 2 spiro atoms. The molecule has 5 aliphatic rings. The first-order chi connectivity index (χ1) is 14.0. The molecule has 3 saturated heterocycles. The lowest BCUT2D eigenvalue weighted by molar-refractivity contribution is -0.143. The SMILES string of the molecule is CC[C@H]1C=CCC[C@@]2(C[C@@H]3CCC4=C(C(=O)O)[C@]5(CCC[C@@H](C)O5)N=C(N2)N43)O1. The molecule has 0 radical (unpaired) electrons. The number of aliphatic carboxylic acids is 1. The zero-order valence-corrected chi connectivity index (χ0v) is 17.3. The highest BCUT2D eigenvalue weighted by molar-refractivity contribution is 5.96. The molecule has 0 bridgehead atoms. The van der Waals surface area contributed by atoms with Gasteiger partial charge in [0.05, 0.1) is 12.2 Å². The summed E-state index contributed by atoms with van der Waals surface area (Å²) < 4.78 is 12.9. The van der Waals surface area contributed by atoms with E-state index in [2.05, 4.69) is 29.3 Å². The number of guanidine groups is 1. The van der Waals surface area contributed by atoms with Crippen LogP contribution >= 0.6 is 0 Å². The molecule has 0 aromatic heterocycles. The van der Waals surface area contributed by atoms with Gasteiger partial charge >= 0.3 is 5.97 Å². The number of carboxylic acid groups (broad SMARTS) is 1. The fraction of sp³-hybridized carbons (Fsp3) is 0.727. The number of nitrogens with one attached hydrogen (secondary N) is 1. The summed E-state index contributed by atoms with van der Waals surface area (Å²) in [6.45, 7) is 4.15. The van der Waals surface area contributed by atoms with Gasteiger partial charge in [-0.25, -0.2) is 9.79 Å². The Labute approximate surface area is 171 Å². The van der Waals surface area contributed by atoms with Gasteiger partial charge in [-0.3, -0.25) is 0 Å². The second-order valence-electron chi connectivity index (χ2n) is 9.08. The fourth-order valence-corrected chi connectivity index (χ4v) is 5.79. The Kier molecular flexibility index (Phi) is 4.51. The molecule has 7 nitrogen and oxygen atoms in total. The predicted octanol–water partition coefficient (Wildman–Crippen LogP) is 3.28. The maximum absolute atomic E-state index is 12.3. The molecule has 29 heavy (non-hydrogen) atoms. The van der Waals surface area contributed by atoms with Crippen LogP contribution < -0.4 is 5.32 Å². The minimum atomic E-state index is -1.09. The van der Waals surface area contributed by atoms with Crippen LogP contribution in [0.4, 0.5) is 0 Å². The third-order valence-corrected chi connectivity index (χ3v) is 7.05. The fourth-order valence-electron chi connectivity index (χ4n) is 5.79. The molecule has 0 saturated carbocycles. The first kappa shape index (κ1) is 19.1. The number of rotatable bonds is 2. The summed E-state index contributed by atoms with van der Waals surface area (Å²) in [5.74, 6) is -0.164. The van der Waals surface area contributed by atoms with Crippen molar-refractivity contribution in [2.24, 2.45) is 4.99 Å². The molecular weight excluding hydrogens is 370 g/mol. The number of allylic oxidation sites excluding steroid dienone is 2. The Hall–Kier alpha value is -1.86. The molecule has 2 N–H and O–H groups in total. The van der Waals surface area contributed by atoms with Crippen LogP contribution in [0.3, 0.4) is 0 Å². The Morgan fingerprint density at radius 1 is 1.38 bits per heavy atom. The molecular formula is C22H31N3O4. The molecule has 3 fully saturated rings. The van der Waals surface area contributed by atoms with Crippen LogP contribution in [0.25, 0.3) is 0 Å². The van der Waals surface area contributed by atoms with E-state index < -0.39 is 17.4 Å². The summed E-state index contributed by atoms with van der Waals surface area (Å²) in [7, 11) is 0. The van der Waals surface area contributed by atoms with Crippen LogP contribution in [0.5, 0.6) is 0 Å². The van der Waals surface area contributed by atoms with Crippen molar-refractivity contribution < 1.29 is 19.4 Å². The monoisotopic (exact) mass is 401 g/mol. The van der Waals surface area contributed by atoms with Gasteiger partial charge in [0.15, 0.2) is 5.72 Å². The maximum Gasteiger partial charge on any atom is 0.338 e. The van der Waals surface area contributed by atoms with Gasteiger partial charge in [-0.1, -0.05) is 19.1 Å². The van der Waals surface area contributed by atoms with Gasteiger partial charge in [-0.15, -0.1) is 0 Å². The average molecular weight is 402 g/mol. The molecule has 158 valence electrons. The lowest BCUT2D eigenvalue weighted by atomic mass is 9.89. The van der Waals surface area contributed by atoms with Crippen LogP contribution in [-0.2, 0) is 14.3 Å². The van der Waals surface area contributed by atoms with E-state index >= 15 is 0 Å². The summed E-state index contributed by atoms with van der Waals surface area (Å²) >= 11 is 0. The number of hydrogen-bond acceptors (Lipinski definition) is 6. The largest absolute Gasteiger partial charge is 0.478 e. The highest BCUT2D eigenvalue weighted by Crippen LogP contribution is 2.48. The van der Waals surface area contributed by atoms with Gasteiger partial charge in [0.2, 0.25) is 5.96 Å². The minimum absolute atomic E-state index is 0.00727. The molecule has 7 heteroatoms. The molecule has 0 aromatic rings. The number of nitrogens with zero attached hydrogens (tertiary/aromatic N) is 2. The van der Waals surface area contributed by atoms with Crippen molar-refractivity contribution in [1.82, 2.24) is 10.2 Å².